The summed E-state index contributed by atoms with van der Waals surface area (Å²) in [5.74, 6) is 1.01. The van der Waals surface area contributed by atoms with E-state index >= 15 is 0 Å². The van der Waals surface area contributed by atoms with Crippen molar-refractivity contribution in [2.75, 3.05) is 39.3 Å². The first-order chi connectivity index (χ1) is 10.3. The molecule has 21 heavy (non-hydrogen) atoms. The van der Waals surface area contributed by atoms with Gasteiger partial charge in [0.2, 0.25) is 0 Å². The van der Waals surface area contributed by atoms with Gasteiger partial charge >= 0.3 is 0 Å². The highest BCUT2D eigenvalue weighted by atomic mass is 16.5. The third-order valence-electron chi connectivity index (χ3n) is 4.14. The molecule has 2 rings (SSSR count). The van der Waals surface area contributed by atoms with Crippen molar-refractivity contribution in [2.45, 2.75) is 39.5 Å². The molecule has 0 unspecified atom stereocenters. The van der Waals surface area contributed by atoms with E-state index in [2.05, 4.69) is 42.3 Å². The fourth-order valence-corrected chi connectivity index (χ4v) is 2.88. The summed E-state index contributed by atoms with van der Waals surface area (Å²) in [5.41, 5.74) is 2.83. The Kier molecular flexibility index (Phi) is 7.04. The Bertz CT molecular complexity index is 412. The van der Waals surface area contributed by atoms with Gasteiger partial charge in [-0.05, 0) is 75.5 Å². The van der Waals surface area contributed by atoms with E-state index < -0.39 is 0 Å². The molecule has 0 saturated carbocycles. The van der Waals surface area contributed by atoms with Gasteiger partial charge in [-0.1, -0.05) is 13.0 Å². The van der Waals surface area contributed by atoms with Crippen LogP contribution in [0.3, 0.4) is 0 Å². The Labute approximate surface area is 129 Å². The van der Waals surface area contributed by atoms with Crippen molar-refractivity contribution in [3.8, 4) is 5.75 Å². The average molecular weight is 290 g/mol. The van der Waals surface area contributed by atoms with Gasteiger partial charge in [0, 0.05) is 13.1 Å². The summed E-state index contributed by atoms with van der Waals surface area (Å²) >= 11 is 0. The van der Waals surface area contributed by atoms with Crippen LogP contribution >= 0.6 is 0 Å². The normalized spacial score (nSPS) is 16.7. The number of hydrogen-bond acceptors (Lipinski definition) is 3. The third-order valence-corrected chi connectivity index (χ3v) is 4.14. The Morgan fingerprint density at radius 2 is 2.14 bits per heavy atom. The minimum Gasteiger partial charge on any atom is -0.494 e. The third kappa shape index (κ3) is 5.68. The highest BCUT2D eigenvalue weighted by Gasteiger charge is 2.08. The van der Waals surface area contributed by atoms with Gasteiger partial charge in [-0.2, -0.15) is 0 Å². The molecule has 1 N–H and O–H groups in total. The van der Waals surface area contributed by atoms with Crippen LogP contribution in [0, 0.1) is 6.92 Å². The molecular weight excluding hydrogens is 260 g/mol. The van der Waals surface area contributed by atoms with Crippen LogP contribution in [0.5, 0.6) is 5.75 Å². The van der Waals surface area contributed by atoms with Crippen molar-refractivity contribution in [3.05, 3.63) is 29.3 Å². The molecule has 1 aliphatic rings. The summed E-state index contributed by atoms with van der Waals surface area (Å²) in [6, 6.07) is 6.54. The molecule has 0 radical (unpaired) electrons. The first kappa shape index (κ1) is 16.3. The first-order valence-electron chi connectivity index (χ1n) is 8.45. The van der Waals surface area contributed by atoms with Gasteiger partial charge in [0.25, 0.3) is 0 Å². The summed E-state index contributed by atoms with van der Waals surface area (Å²) in [5, 5.41) is 3.46. The van der Waals surface area contributed by atoms with Crippen LogP contribution in [0.1, 0.15) is 37.3 Å². The minimum atomic E-state index is 0.807. The molecule has 0 spiro atoms. The van der Waals surface area contributed by atoms with Crippen LogP contribution in [0.15, 0.2) is 18.2 Å². The van der Waals surface area contributed by atoms with Crippen molar-refractivity contribution >= 4 is 0 Å². The summed E-state index contributed by atoms with van der Waals surface area (Å²) < 4.78 is 5.69. The molecule has 1 aliphatic heterocycles. The Hall–Kier alpha value is -1.06. The van der Waals surface area contributed by atoms with E-state index in [0.29, 0.717) is 0 Å². The molecule has 0 amide bonds. The van der Waals surface area contributed by atoms with Crippen LogP contribution in [-0.4, -0.2) is 44.2 Å². The lowest BCUT2D eigenvalue weighted by atomic mass is 10.0. The van der Waals surface area contributed by atoms with E-state index in [4.69, 9.17) is 4.74 Å². The quantitative estimate of drug-likeness (QED) is 0.835. The van der Waals surface area contributed by atoms with Crippen molar-refractivity contribution < 1.29 is 4.74 Å². The predicted molar refractivity (Wildman–Crippen MR) is 89.2 cm³/mol. The van der Waals surface area contributed by atoms with Crippen LogP contribution in [0.25, 0.3) is 0 Å². The molecule has 1 fully saturated rings. The molecule has 0 aromatic heterocycles. The lowest BCUT2D eigenvalue weighted by molar-refractivity contribution is 0.289. The molecule has 1 aromatic carbocycles. The zero-order valence-electron chi connectivity index (χ0n) is 13.7. The van der Waals surface area contributed by atoms with E-state index in [9.17, 15) is 0 Å². The van der Waals surface area contributed by atoms with Crippen molar-refractivity contribution in [3.63, 3.8) is 0 Å². The second-order valence-corrected chi connectivity index (χ2v) is 5.99. The molecular formula is C18H30N2O. The fraction of sp³-hybridized carbons (Fsp3) is 0.667. The van der Waals surface area contributed by atoms with E-state index in [1.807, 2.05) is 0 Å². The fourth-order valence-electron chi connectivity index (χ4n) is 2.88. The molecule has 0 atom stereocenters. The van der Waals surface area contributed by atoms with E-state index in [-0.39, 0.29) is 0 Å². The number of nitrogens with one attached hydrogen (secondary N) is 1. The summed E-state index contributed by atoms with van der Waals surface area (Å²) in [6.45, 7) is 11.1. The lowest BCUT2D eigenvalue weighted by Gasteiger charge is -2.19. The number of nitrogens with zero attached hydrogens (tertiary/aromatic N) is 1. The number of rotatable bonds is 7. The van der Waals surface area contributed by atoms with E-state index in [1.165, 1.54) is 56.6 Å². The summed E-state index contributed by atoms with van der Waals surface area (Å²) in [4.78, 5) is 2.59. The molecule has 3 nitrogen and oxygen atoms in total. The van der Waals surface area contributed by atoms with Crippen molar-refractivity contribution in [2.24, 2.45) is 0 Å². The van der Waals surface area contributed by atoms with Gasteiger partial charge in [-0.25, -0.2) is 0 Å². The lowest BCUT2D eigenvalue weighted by Crippen LogP contribution is -2.29. The highest BCUT2D eigenvalue weighted by Crippen LogP contribution is 2.19. The topological polar surface area (TPSA) is 24.5 Å². The van der Waals surface area contributed by atoms with Gasteiger partial charge < -0.3 is 15.0 Å². The van der Waals surface area contributed by atoms with Crippen molar-refractivity contribution in [1.29, 1.82) is 0 Å². The first-order valence-corrected chi connectivity index (χ1v) is 8.45. The van der Waals surface area contributed by atoms with Crippen LogP contribution in [0.4, 0.5) is 0 Å². The molecule has 1 aromatic rings. The molecule has 118 valence electrons. The largest absolute Gasteiger partial charge is 0.494 e. The van der Waals surface area contributed by atoms with Gasteiger partial charge in [0.15, 0.2) is 0 Å². The Morgan fingerprint density at radius 3 is 2.95 bits per heavy atom. The number of aryl methyl sites for hydroxylation is 2. The van der Waals surface area contributed by atoms with Crippen molar-refractivity contribution in [1.82, 2.24) is 10.2 Å². The maximum atomic E-state index is 5.69. The summed E-state index contributed by atoms with van der Waals surface area (Å²) in [7, 11) is 0. The molecule has 1 heterocycles. The van der Waals surface area contributed by atoms with E-state index in [1.54, 1.807) is 0 Å². The monoisotopic (exact) mass is 290 g/mol. The second-order valence-electron chi connectivity index (χ2n) is 5.99. The number of ether oxygens (including phenoxy) is 1. The maximum absolute atomic E-state index is 5.69. The molecule has 0 bridgehead atoms. The highest BCUT2D eigenvalue weighted by molar-refractivity contribution is 5.34. The SMILES string of the molecule is CCCOc1ccc(CCCN2CCCNCC2)c(C)c1. The van der Waals surface area contributed by atoms with Crippen LogP contribution in [-0.2, 0) is 6.42 Å². The standard InChI is InChI=1S/C18H30N2O/c1-3-14-21-18-8-7-17(16(2)15-18)6-4-11-20-12-5-9-19-10-13-20/h7-8,15,19H,3-6,9-14H2,1-2H3. The second kappa shape index (κ2) is 9.06. The maximum Gasteiger partial charge on any atom is 0.119 e. The van der Waals surface area contributed by atoms with Gasteiger partial charge in [0.05, 0.1) is 6.61 Å². The van der Waals surface area contributed by atoms with Crippen LogP contribution < -0.4 is 10.1 Å². The summed E-state index contributed by atoms with van der Waals surface area (Å²) in [6.07, 6.45) is 4.76. The van der Waals surface area contributed by atoms with E-state index in [0.717, 1.165) is 25.3 Å². The number of hydrogen-bond donors (Lipinski definition) is 1. The molecule has 3 heteroatoms. The van der Waals surface area contributed by atoms with Gasteiger partial charge in [-0.3, -0.25) is 0 Å². The Morgan fingerprint density at radius 1 is 1.24 bits per heavy atom. The molecule has 1 saturated heterocycles. The average Bonchev–Trinajstić information content (AvgIpc) is 2.76. The zero-order valence-corrected chi connectivity index (χ0v) is 13.7. The Balaban J connectivity index is 1.77. The number of benzene rings is 1. The predicted octanol–water partition coefficient (Wildman–Crippen LogP) is 3.01. The zero-order chi connectivity index (χ0) is 14.9. The minimum absolute atomic E-state index is 0.807. The van der Waals surface area contributed by atoms with Gasteiger partial charge in [0.1, 0.15) is 5.75 Å². The van der Waals surface area contributed by atoms with Crippen LogP contribution in [0.2, 0.25) is 0 Å². The smallest absolute Gasteiger partial charge is 0.119 e. The van der Waals surface area contributed by atoms with Gasteiger partial charge in [-0.15, -0.1) is 0 Å². The molecule has 0 aliphatic carbocycles.